The topological polar surface area (TPSA) is 25.4 Å². The fourth-order valence-electron chi connectivity index (χ4n) is 2.64. The van der Waals surface area contributed by atoms with Crippen molar-refractivity contribution in [2.75, 3.05) is 26.2 Å². The summed E-state index contributed by atoms with van der Waals surface area (Å²) < 4.78 is 18.6. The Morgan fingerprint density at radius 3 is 2.72 bits per heavy atom. The van der Waals surface area contributed by atoms with E-state index < -0.39 is 5.95 Å². The number of halogens is 1. The highest BCUT2D eigenvalue weighted by Gasteiger charge is 2.45. The Balaban J connectivity index is 1.53. The van der Waals surface area contributed by atoms with Crippen molar-refractivity contribution in [3.05, 3.63) is 24.1 Å². The van der Waals surface area contributed by atoms with Gasteiger partial charge in [0.25, 0.3) is 0 Å². The molecular formula is C14H19FN2O. The third-order valence-corrected chi connectivity index (χ3v) is 3.93. The second kappa shape index (κ2) is 4.84. The molecule has 0 bridgehead atoms. The lowest BCUT2D eigenvalue weighted by atomic mass is 10.1. The van der Waals surface area contributed by atoms with Crippen molar-refractivity contribution in [1.82, 2.24) is 9.88 Å². The summed E-state index contributed by atoms with van der Waals surface area (Å²) in [7, 11) is 0. The van der Waals surface area contributed by atoms with Crippen LogP contribution in [0.25, 0.3) is 0 Å². The fraction of sp³-hybridized carbons (Fsp3) is 0.643. The van der Waals surface area contributed by atoms with Crippen LogP contribution in [0.4, 0.5) is 4.39 Å². The molecule has 2 heterocycles. The molecule has 3 rings (SSSR count). The van der Waals surface area contributed by atoms with Crippen LogP contribution in [0, 0.1) is 11.4 Å². The zero-order valence-electron chi connectivity index (χ0n) is 10.6. The number of ether oxygens (including phenoxy) is 1. The molecule has 18 heavy (non-hydrogen) atoms. The van der Waals surface area contributed by atoms with E-state index in [-0.39, 0.29) is 0 Å². The maximum absolute atomic E-state index is 12.9. The number of aromatic nitrogens is 1. The highest BCUT2D eigenvalue weighted by Crippen LogP contribution is 2.46. The monoisotopic (exact) mass is 250 g/mol. The average Bonchev–Trinajstić information content (AvgIpc) is 2.92. The minimum absolute atomic E-state index is 0.304. The number of hydrogen-bond acceptors (Lipinski definition) is 3. The average molecular weight is 250 g/mol. The van der Waals surface area contributed by atoms with Gasteiger partial charge in [0.2, 0.25) is 11.8 Å². The van der Waals surface area contributed by atoms with Crippen molar-refractivity contribution in [1.29, 1.82) is 0 Å². The van der Waals surface area contributed by atoms with Crippen LogP contribution >= 0.6 is 0 Å². The fourth-order valence-corrected chi connectivity index (χ4v) is 2.64. The molecule has 4 heteroatoms. The van der Waals surface area contributed by atoms with Gasteiger partial charge in [-0.15, -0.1) is 0 Å². The maximum atomic E-state index is 12.9. The Bertz CT molecular complexity index is 414. The minimum Gasteiger partial charge on any atom is -0.477 e. The number of rotatable bonds is 5. The predicted molar refractivity (Wildman–Crippen MR) is 67.0 cm³/mol. The van der Waals surface area contributed by atoms with Gasteiger partial charge >= 0.3 is 0 Å². The smallest absolute Gasteiger partial charge is 0.216 e. The molecule has 2 fully saturated rings. The van der Waals surface area contributed by atoms with E-state index in [2.05, 4.69) is 9.88 Å². The highest BCUT2D eigenvalue weighted by molar-refractivity contribution is 5.11. The molecule has 0 aromatic carbocycles. The summed E-state index contributed by atoms with van der Waals surface area (Å²) in [6, 6.07) is 4.69. The number of nitrogens with zero attached hydrogens (tertiary/aromatic N) is 2. The predicted octanol–water partition coefficient (Wildman–Crippen LogP) is 2.48. The second-order valence-corrected chi connectivity index (χ2v) is 5.57. The summed E-state index contributed by atoms with van der Waals surface area (Å²) in [6.07, 6.45) is 5.09. The van der Waals surface area contributed by atoms with Gasteiger partial charge in [-0.1, -0.05) is 6.07 Å². The van der Waals surface area contributed by atoms with Crippen molar-refractivity contribution in [2.24, 2.45) is 5.41 Å². The summed E-state index contributed by atoms with van der Waals surface area (Å²) in [5, 5.41) is 0. The molecule has 0 unspecified atom stereocenters. The van der Waals surface area contributed by atoms with E-state index in [1.165, 1.54) is 44.8 Å². The minimum atomic E-state index is -0.475. The van der Waals surface area contributed by atoms with Gasteiger partial charge in [-0.25, -0.2) is 0 Å². The van der Waals surface area contributed by atoms with E-state index in [9.17, 15) is 4.39 Å². The molecule has 1 aromatic heterocycles. The van der Waals surface area contributed by atoms with Gasteiger partial charge in [0.05, 0.1) is 6.61 Å². The summed E-state index contributed by atoms with van der Waals surface area (Å²) in [5.41, 5.74) is 0.304. The van der Waals surface area contributed by atoms with Crippen LogP contribution in [-0.2, 0) is 0 Å². The quantitative estimate of drug-likeness (QED) is 0.751. The summed E-state index contributed by atoms with van der Waals surface area (Å²) in [4.78, 5) is 6.26. The van der Waals surface area contributed by atoms with E-state index in [0.29, 0.717) is 17.9 Å². The zero-order valence-corrected chi connectivity index (χ0v) is 10.6. The number of likely N-dealkylation sites (tertiary alicyclic amines) is 1. The first kappa shape index (κ1) is 11.9. The first-order chi connectivity index (χ1) is 8.76. The first-order valence-electron chi connectivity index (χ1n) is 6.74. The molecule has 0 spiro atoms. The van der Waals surface area contributed by atoms with Crippen LogP contribution in [0.5, 0.6) is 5.88 Å². The Morgan fingerprint density at radius 1 is 1.28 bits per heavy atom. The van der Waals surface area contributed by atoms with Gasteiger partial charge in [-0.2, -0.15) is 9.37 Å². The molecule has 3 nitrogen and oxygen atoms in total. The van der Waals surface area contributed by atoms with E-state index in [1.54, 1.807) is 12.1 Å². The molecule has 1 saturated heterocycles. The van der Waals surface area contributed by atoms with E-state index in [1.807, 2.05) is 0 Å². The Morgan fingerprint density at radius 2 is 2.06 bits per heavy atom. The molecule has 1 aliphatic carbocycles. The molecule has 0 N–H and O–H groups in total. The van der Waals surface area contributed by atoms with Crippen LogP contribution in [0.15, 0.2) is 18.2 Å². The van der Waals surface area contributed by atoms with Crippen LogP contribution in [0.2, 0.25) is 0 Å². The van der Waals surface area contributed by atoms with Gasteiger partial charge in [-0.05, 0) is 44.8 Å². The number of hydrogen-bond donors (Lipinski definition) is 0. The Labute approximate surface area is 107 Å². The molecule has 98 valence electrons. The molecule has 0 radical (unpaired) electrons. The van der Waals surface area contributed by atoms with Crippen molar-refractivity contribution in [3.8, 4) is 5.88 Å². The van der Waals surface area contributed by atoms with Crippen molar-refractivity contribution >= 4 is 0 Å². The lowest BCUT2D eigenvalue weighted by molar-refractivity contribution is 0.173. The molecule has 2 aliphatic rings. The van der Waals surface area contributed by atoms with Crippen molar-refractivity contribution < 1.29 is 9.13 Å². The van der Waals surface area contributed by atoms with E-state index >= 15 is 0 Å². The third-order valence-electron chi connectivity index (χ3n) is 3.93. The van der Waals surface area contributed by atoms with E-state index in [4.69, 9.17) is 4.74 Å². The Kier molecular flexibility index (Phi) is 3.20. The van der Waals surface area contributed by atoms with Crippen molar-refractivity contribution in [3.63, 3.8) is 0 Å². The second-order valence-electron chi connectivity index (χ2n) is 5.57. The molecule has 1 saturated carbocycles. The van der Waals surface area contributed by atoms with Crippen LogP contribution < -0.4 is 4.74 Å². The summed E-state index contributed by atoms with van der Waals surface area (Å²) in [5.74, 6) is -0.0698. The molecular weight excluding hydrogens is 231 g/mol. The lowest BCUT2D eigenvalue weighted by Gasteiger charge is -2.22. The number of pyridine rings is 1. The van der Waals surface area contributed by atoms with Crippen LogP contribution in [-0.4, -0.2) is 36.1 Å². The van der Waals surface area contributed by atoms with Gasteiger partial charge in [0.1, 0.15) is 0 Å². The lowest BCUT2D eigenvalue weighted by Crippen LogP contribution is -2.31. The molecule has 0 amide bonds. The molecule has 1 aliphatic heterocycles. The summed E-state index contributed by atoms with van der Waals surface area (Å²) >= 11 is 0. The zero-order chi connectivity index (χ0) is 12.4. The summed E-state index contributed by atoms with van der Waals surface area (Å²) in [6.45, 7) is 4.24. The maximum Gasteiger partial charge on any atom is 0.216 e. The highest BCUT2D eigenvalue weighted by atomic mass is 19.1. The van der Waals surface area contributed by atoms with Gasteiger partial charge in [-0.3, -0.25) is 0 Å². The van der Waals surface area contributed by atoms with Gasteiger partial charge in [0.15, 0.2) is 0 Å². The van der Waals surface area contributed by atoms with Crippen molar-refractivity contribution in [2.45, 2.75) is 25.7 Å². The molecule has 0 atom stereocenters. The first-order valence-corrected chi connectivity index (χ1v) is 6.74. The standard InChI is InChI=1S/C14H19FN2O/c15-12-4-3-5-13(16-12)18-11-14(6-7-14)10-17-8-1-2-9-17/h3-5H,1-2,6-11H2. The third kappa shape index (κ3) is 2.80. The van der Waals surface area contributed by atoms with Crippen LogP contribution in [0.1, 0.15) is 25.7 Å². The normalized spacial score (nSPS) is 22.1. The van der Waals surface area contributed by atoms with Gasteiger partial charge in [0, 0.05) is 18.0 Å². The van der Waals surface area contributed by atoms with Crippen LogP contribution in [0.3, 0.4) is 0 Å². The van der Waals surface area contributed by atoms with Gasteiger partial charge < -0.3 is 9.64 Å². The Hall–Kier alpha value is -1.16. The SMILES string of the molecule is Fc1cccc(OCC2(CN3CCCC3)CC2)n1. The largest absolute Gasteiger partial charge is 0.477 e. The van der Waals surface area contributed by atoms with E-state index in [0.717, 1.165) is 6.54 Å². The molecule has 1 aromatic rings.